The molecule has 2 nitrogen and oxygen atoms in total. The summed E-state index contributed by atoms with van der Waals surface area (Å²) in [6.07, 6.45) is 0. The summed E-state index contributed by atoms with van der Waals surface area (Å²) in [6, 6.07) is 13.3. The van der Waals surface area contributed by atoms with Crippen molar-refractivity contribution in [3.05, 3.63) is 64.9 Å². The van der Waals surface area contributed by atoms with Gasteiger partial charge in [0.2, 0.25) is 5.91 Å². The molecular formula is C16H15ClFNOS. The first-order valence-corrected chi connectivity index (χ1v) is 7.84. The van der Waals surface area contributed by atoms with Gasteiger partial charge in [0, 0.05) is 9.92 Å². The maximum atomic E-state index is 12.8. The second kappa shape index (κ2) is 7.48. The molecule has 0 heterocycles. The molecular weight excluding hydrogens is 309 g/mol. The van der Waals surface area contributed by atoms with E-state index in [2.05, 4.69) is 5.32 Å². The fraction of sp³-hybridized carbons (Fsp3) is 0.188. The summed E-state index contributed by atoms with van der Waals surface area (Å²) >= 11 is 7.25. The van der Waals surface area contributed by atoms with E-state index in [1.807, 2.05) is 19.1 Å². The molecule has 2 rings (SSSR count). The largest absolute Gasteiger partial charge is 0.349 e. The van der Waals surface area contributed by atoms with Gasteiger partial charge in [-0.05, 0) is 48.9 Å². The smallest absolute Gasteiger partial charge is 0.230 e. The quantitative estimate of drug-likeness (QED) is 0.824. The number of thioether (sulfide) groups is 1. The van der Waals surface area contributed by atoms with E-state index >= 15 is 0 Å². The third-order valence-electron chi connectivity index (χ3n) is 2.93. The highest BCUT2D eigenvalue weighted by atomic mass is 35.5. The summed E-state index contributed by atoms with van der Waals surface area (Å²) in [4.78, 5) is 12.9. The van der Waals surface area contributed by atoms with Gasteiger partial charge in [0.05, 0.1) is 11.8 Å². The van der Waals surface area contributed by atoms with Gasteiger partial charge in [0.15, 0.2) is 0 Å². The summed E-state index contributed by atoms with van der Waals surface area (Å²) in [5.74, 6) is -0.0185. The van der Waals surface area contributed by atoms with Gasteiger partial charge >= 0.3 is 0 Å². The van der Waals surface area contributed by atoms with Crippen LogP contribution in [-0.2, 0) is 4.79 Å². The summed E-state index contributed by atoms with van der Waals surface area (Å²) in [5.41, 5.74) is 0.876. The van der Waals surface area contributed by atoms with Gasteiger partial charge in [0.25, 0.3) is 0 Å². The van der Waals surface area contributed by atoms with E-state index < -0.39 is 0 Å². The molecule has 5 heteroatoms. The Morgan fingerprint density at radius 3 is 2.43 bits per heavy atom. The molecule has 1 N–H and O–H groups in total. The molecule has 21 heavy (non-hydrogen) atoms. The first-order chi connectivity index (χ1) is 10.0. The minimum Gasteiger partial charge on any atom is -0.349 e. The van der Waals surface area contributed by atoms with Gasteiger partial charge in [-0.15, -0.1) is 11.8 Å². The first-order valence-electron chi connectivity index (χ1n) is 6.48. The van der Waals surface area contributed by atoms with Crippen molar-refractivity contribution in [2.75, 3.05) is 5.75 Å². The zero-order valence-electron chi connectivity index (χ0n) is 11.5. The van der Waals surface area contributed by atoms with Crippen molar-refractivity contribution in [3.63, 3.8) is 0 Å². The van der Waals surface area contributed by atoms with Crippen LogP contribution < -0.4 is 5.32 Å². The lowest BCUT2D eigenvalue weighted by atomic mass is 10.1. The van der Waals surface area contributed by atoms with Crippen molar-refractivity contribution in [2.45, 2.75) is 17.9 Å². The summed E-state index contributed by atoms with van der Waals surface area (Å²) in [7, 11) is 0. The topological polar surface area (TPSA) is 29.1 Å². The van der Waals surface area contributed by atoms with Crippen LogP contribution in [0, 0.1) is 5.82 Å². The molecule has 0 aliphatic carbocycles. The van der Waals surface area contributed by atoms with Crippen molar-refractivity contribution in [2.24, 2.45) is 0 Å². The van der Waals surface area contributed by atoms with Crippen LogP contribution in [0.25, 0.3) is 0 Å². The molecule has 0 aromatic heterocycles. The molecule has 0 spiro atoms. The lowest BCUT2D eigenvalue weighted by molar-refractivity contribution is -0.119. The highest BCUT2D eigenvalue weighted by molar-refractivity contribution is 8.00. The fourth-order valence-corrected chi connectivity index (χ4v) is 2.63. The summed E-state index contributed by atoms with van der Waals surface area (Å²) in [5, 5.41) is 3.56. The molecule has 0 aliphatic heterocycles. The average molecular weight is 324 g/mol. The lowest BCUT2D eigenvalue weighted by Crippen LogP contribution is -2.28. The van der Waals surface area contributed by atoms with Crippen LogP contribution in [0.4, 0.5) is 4.39 Å². The van der Waals surface area contributed by atoms with E-state index in [1.54, 1.807) is 24.3 Å². The minimum absolute atomic E-state index is 0.0632. The van der Waals surface area contributed by atoms with Crippen LogP contribution in [0.5, 0.6) is 0 Å². The highest BCUT2D eigenvalue weighted by Crippen LogP contribution is 2.20. The van der Waals surface area contributed by atoms with Gasteiger partial charge < -0.3 is 5.32 Å². The molecule has 0 aliphatic rings. The van der Waals surface area contributed by atoms with Crippen molar-refractivity contribution in [3.8, 4) is 0 Å². The molecule has 110 valence electrons. The zero-order valence-corrected chi connectivity index (χ0v) is 13.0. The van der Waals surface area contributed by atoms with E-state index in [0.717, 1.165) is 10.5 Å². The van der Waals surface area contributed by atoms with Crippen molar-refractivity contribution in [1.29, 1.82) is 0 Å². The SMILES string of the molecule is CC(NC(=O)CSc1ccc(Cl)cc1)c1ccc(F)cc1. The molecule has 0 saturated heterocycles. The predicted octanol–water partition coefficient (Wildman–Crippen LogP) is 4.45. The highest BCUT2D eigenvalue weighted by Gasteiger charge is 2.10. The number of halogens is 2. The van der Waals surface area contributed by atoms with Gasteiger partial charge in [-0.1, -0.05) is 23.7 Å². The van der Waals surface area contributed by atoms with Gasteiger partial charge in [-0.25, -0.2) is 4.39 Å². The molecule has 1 atom stereocenters. The normalized spacial score (nSPS) is 12.0. The van der Waals surface area contributed by atoms with Crippen molar-refractivity contribution in [1.82, 2.24) is 5.32 Å². The van der Waals surface area contributed by atoms with Gasteiger partial charge in [-0.3, -0.25) is 4.79 Å². The molecule has 0 radical (unpaired) electrons. The molecule has 1 unspecified atom stereocenters. The number of rotatable bonds is 5. The number of benzene rings is 2. The average Bonchev–Trinajstić information content (AvgIpc) is 2.47. The molecule has 0 fully saturated rings. The maximum Gasteiger partial charge on any atom is 0.230 e. The molecule has 0 bridgehead atoms. The molecule has 0 saturated carbocycles. The van der Waals surface area contributed by atoms with Crippen molar-refractivity contribution >= 4 is 29.3 Å². The Morgan fingerprint density at radius 1 is 1.19 bits per heavy atom. The standard InChI is InChI=1S/C16H15ClFNOS/c1-11(12-2-6-14(18)7-3-12)19-16(20)10-21-15-8-4-13(17)5-9-15/h2-9,11H,10H2,1H3,(H,19,20). The molecule has 1 amide bonds. The Kier molecular flexibility index (Phi) is 5.65. The maximum absolute atomic E-state index is 12.8. The monoisotopic (exact) mass is 323 g/mol. The Hall–Kier alpha value is -1.52. The number of amides is 1. The first kappa shape index (κ1) is 15.9. The third kappa shape index (κ3) is 5.06. The van der Waals surface area contributed by atoms with Gasteiger partial charge in [0.1, 0.15) is 5.82 Å². The van der Waals surface area contributed by atoms with Crippen LogP contribution in [0.15, 0.2) is 53.4 Å². The number of hydrogen-bond acceptors (Lipinski definition) is 2. The van der Waals surface area contributed by atoms with E-state index in [0.29, 0.717) is 10.8 Å². The van der Waals surface area contributed by atoms with E-state index in [4.69, 9.17) is 11.6 Å². The van der Waals surface area contributed by atoms with Crippen molar-refractivity contribution < 1.29 is 9.18 Å². The van der Waals surface area contributed by atoms with Crippen LogP contribution in [-0.4, -0.2) is 11.7 Å². The molecule has 2 aromatic carbocycles. The fourth-order valence-electron chi connectivity index (χ4n) is 1.80. The third-order valence-corrected chi connectivity index (χ3v) is 4.20. The Bertz CT molecular complexity index is 601. The number of carbonyl (C=O) groups is 1. The van der Waals surface area contributed by atoms with E-state index in [1.165, 1.54) is 23.9 Å². The Morgan fingerprint density at radius 2 is 1.81 bits per heavy atom. The minimum atomic E-state index is -0.282. The Balaban J connectivity index is 1.83. The summed E-state index contributed by atoms with van der Waals surface area (Å²) < 4.78 is 12.8. The second-order valence-electron chi connectivity index (χ2n) is 4.58. The number of carbonyl (C=O) groups excluding carboxylic acids is 1. The Labute approximate surface area is 132 Å². The number of hydrogen-bond donors (Lipinski definition) is 1. The van der Waals surface area contributed by atoms with E-state index in [9.17, 15) is 9.18 Å². The predicted molar refractivity (Wildman–Crippen MR) is 85.1 cm³/mol. The van der Waals surface area contributed by atoms with Gasteiger partial charge in [-0.2, -0.15) is 0 Å². The van der Waals surface area contributed by atoms with Crippen LogP contribution in [0.1, 0.15) is 18.5 Å². The van der Waals surface area contributed by atoms with Crippen LogP contribution in [0.2, 0.25) is 5.02 Å². The van der Waals surface area contributed by atoms with E-state index in [-0.39, 0.29) is 17.8 Å². The number of nitrogens with one attached hydrogen (secondary N) is 1. The second-order valence-corrected chi connectivity index (χ2v) is 6.07. The zero-order chi connectivity index (χ0) is 15.2. The van der Waals surface area contributed by atoms with Crippen LogP contribution >= 0.6 is 23.4 Å². The van der Waals surface area contributed by atoms with Crippen LogP contribution in [0.3, 0.4) is 0 Å². The molecule has 2 aromatic rings. The summed E-state index contributed by atoms with van der Waals surface area (Å²) in [6.45, 7) is 1.87. The lowest BCUT2D eigenvalue weighted by Gasteiger charge is -2.14.